The highest BCUT2D eigenvalue weighted by molar-refractivity contribution is 7.47. The number of allylic oxidation sites excluding steroid dienone is 11. The van der Waals surface area contributed by atoms with Crippen LogP contribution in [-0.2, 0) is 18.4 Å². The number of phosphoric ester groups is 1. The molecule has 3 atom stereocenters. The number of nitrogens with zero attached hydrogens (tertiary/aromatic N) is 1. The number of hydrogen-bond donors (Lipinski definition) is 3. The van der Waals surface area contributed by atoms with E-state index in [1.165, 1.54) is 141 Å². The van der Waals surface area contributed by atoms with Gasteiger partial charge in [0, 0.05) is 6.42 Å². The summed E-state index contributed by atoms with van der Waals surface area (Å²) in [6, 6.07) is -0.881. The molecule has 8 nitrogen and oxygen atoms in total. The molecule has 0 fully saturated rings. The average molecular weight is 946 g/mol. The molecule has 0 aromatic rings. The Labute approximate surface area is 408 Å². The van der Waals surface area contributed by atoms with Crippen molar-refractivity contribution < 1.29 is 32.9 Å². The van der Waals surface area contributed by atoms with Crippen LogP contribution in [0.15, 0.2) is 72.9 Å². The normalized spacial score (nSPS) is 14.6. The lowest BCUT2D eigenvalue weighted by atomic mass is 10.0. The van der Waals surface area contributed by atoms with Gasteiger partial charge in [-0.05, 0) is 83.5 Å². The van der Waals surface area contributed by atoms with E-state index < -0.39 is 20.0 Å². The van der Waals surface area contributed by atoms with Crippen LogP contribution in [0.3, 0.4) is 0 Å². The zero-order valence-corrected chi connectivity index (χ0v) is 44.6. The Morgan fingerprint density at radius 1 is 0.515 bits per heavy atom. The predicted molar refractivity (Wildman–Crippen MR) is 286 cm³/mol. The van der Waals surface area contributed by atoms with Crippen LogP contribution in [0.5, 0.6) is 0 Å². The SMILES string of the molecule is CCCCCCC/C=C\C/C=C\C/C=C\CCCCCCCCC(=O)NC(COP(=O)(O)OCC[N+](C)(C)C)C(O)/C=C/CC/C=C/CC/C=C/CCCCCCCCCCCCCCC. The molecular formula is C57H106N2O6P+. The maximum Gasteiger partial charge on any atom is 0.472 e. The Morgan fingerprint density at radius 2 is 0.879 bits per heavy atom. The maximum absolute atomic E-state index is 12.9. The molecular weight excluding hydrogens is 840 g/mol. The fourth-order valence-corrected chi connectivity index (χ4v) is 8.29. The van der Waals surface area contributed by atoms with Crippen LogP contribution in [0.4, 0.5) is 0 Å². The van der Waals surface area contributed by atoms with Gasteiger partial charge in [0.15, 0.2) is 0 Å². The van der Waals surface area contributed by atoms with Gasteiger partial charge < -0.3 is 19.8 Å². The number of likely N-dealkylation sites (N-methyl/N-ethyl adjacent to an activating group) is 1. The molecule has 0 saturated carbocycles. The second-order valence-corrected chi connectivity index (χ2v) is 21.0. The van der Waals surface area contributed by atoms with Gasteiger partial charge >= 0.3 is 7.82 Å². The molecule has 384 valence electrons. The van der Waals surface area contributed by atoms with Crippen LogP contribution in [0, 0.1) is 0 Å². The maximum atomic E-state index is 12.9. The number of rotatable bonds is 49. The van der Waals surface area contributed by atoms with Gasteiger partial charge in [-0.2, -0.15) is 0 Å². The smallest absolute Gasteiger partial charge is 0.387 e. The highest BCUT2D eigenvalue weighted by Crippen LogP contribution is 2.43. The summed E-state index contributed by atoms with van der Waals surface area (Å²) < 4.78 is 23.6. The van der Waals surface area contributed by atoms with Gasteiger partial charge in [0.25, 0.3) is 0 Å². The van der Waals surface area contributed by atoms with E-state index in [9.17, 15) is 19.4 Å². The van der Waals surface area contributed by atoms with E-state index in [1.807, 2.05) is 27.2 Å². The summed E-state index contributed by atoms with van der Waals surface area (Å²) in [6.45, 7) is 4.77. The molecule has 9 heteroatoms. The molecule has 0 heterocycles. The fraction of sp³-hybridized carbons (Fsp3) is 0.772. The molecule has 0 aromatic heterocycles. The summed E-state index contributed by atoms with van der Waals surface area (Å²) in [5.41, 5.74) is 0. The van der Waals surface area contributed by atoms with E-state index in [0.29, 0.717) is 17.4 Å². The van der Waals surface area contributed by atoms with Gasteiger partial charge in [0.2, 0.25) is 5.91 Å². The van der Waals surface area contributed by atoms with Crippen molar-refractivity contribution in [2.24, 2.45) is 0 Å². The molecule has 0 aliphatic carbocycles. The molecule has 0 aliphatic rings. The van der Waals surface area contributed by atoms with Crippen molar-refractivity contribution >= 4 is 13.7 Å². The monoisotopic (exact) mass is 946 g/mol. The topological polar surface area (TPSA) is 105 Å². The van der Waals surface area contributed by atoms with E-state index in [-0.39, 0.29) is 19.1 Å². The third kappa shape index (κ3) is 49.8. The first-order valence-corrected chi connectivity index (χ1v) is 28.8. The summed E-state index contributed by atoms with van der Waals surface area (Å²) in [4.78, 5) is 23.2. The Balaban J connectivity index is 4.39. The molecule has 66 heavy (non-hydrogen) atoms. The number of quaternary nitrogens is 1. The van der Waals surface area contributed by atoms with Crippen LogP contribution in [0.25, 0.3) is 0 Å². The standard InChI is InChI=1S/C57H105N2O6P/c1-6-8-10-12-14-16-18-20-22-24-26-28-29-31-32-34-36-38-40-42-44-46-48-50-56(60)55(54-65-66(62,63)64-53-52-59(3,4)5)58-57(61)51-49-47-45-43-41-39-37-35-33-30-27-25-23-21-19-17-15-13-11-9-7-2/h19,21,25,27,32-35,40,42,48,50,55-56,60H,6-18,20,22-24,26,28-31,36-39,41,43-47,49,51-54H2,1-5H3,(H-,58,61,62,63)/p+1/b21-19-,27-25-,34-32+,35-33-,42-40+,50-48+. The predicted octanol–water partition coefficient (Wildman–Crippen LogP) is 16.3. The third-order valence-corrected chi connectivity index (χ3v) is 12.9. The van der Waals surface area contributed by atoms with Gasteiger partial charge in [0.05, 0.1) is 39.9 Å². The number of aliphatic hydroxyl groups excluding tert-OH is 1. The van der Waals surface area contributed by atoms with E-state index in [4.69, 9.17) is 9.05 Å². The van der Waals surface area contributed by atoms with Gasteiger partial charge in [0.1, 0.15) is 13.2 Å². The quantitative estimate of drug-likeness (QED) is 0.0243. The molecule has 0 spiro atoms. The van der Waals surface area contributed by atoms with Crippen molar-refractivity contribution in [3.63, 3.8) is 0 Å². The number of aliphatic hydroxyl groups is 1. The van der Waals surface area contributed by atoms with Crippen molar-refractivity contribution in [1.82, 2.24) is 5.32 Å². The molecule has 1 amide bonds. The minimum absolute atomic E-state index is 0.0476. The lowest BCUT2D eigenvalue weighted by Crippen LogP contribution is -2.45. The van der Waals surface area contributed by atoms with Crippen LogP contribution in [0.2, 0.25) is 0 Å². The van der Waals surface area contributed by atoms with Gasteiger partial charge in [-0.3, -0.25) is 13.8 Å². The highest BCUT2D eigenvalue weighted by atomic mass is 31.2. The number of carbonyl (C=O) groups excluding carboxylic acids is 1. The minimum Gasteiger partial charge on any atom is -0.387 e. The number of nitrogens with one attached hydrogen (secondary N) is 1. The highest BCUT2D eigenvalue weighted by Gasteiger charge is 2.27. The number of amides is 1. The van der Waals surface area contributed by atoms with Crippen LogP contribution < -0.4 is 5.32 Å². The van der Waals surface area contributed by atoms with Crippen molar-refractivity contribution in [1.29, 1.82) is 0 Å². The van der Waals surface area contributed by atoms with Crippen molar-refractivity contribution in [3.8, 4) is 0 Å². The fourth-order valence-electron chi connectivity index (χ4n) is 7.55. The molecule has 3 N–H and O–H groups in total. The lowest BCUT2D eigenvalue weighted by molar-refractivity contribution is -0.870. The molecule has 0 bridgehead atoms. The zero-order chi connectivity index (χ0) is 48.5. The molecule has 0 rings (SSSR count). The van der Waals surface area contributed by atoms with E-state index in [0.717, 1.165) is 70.6 Å². The van der Waals surface area contributed by atoms with Crippen LogP contribution in [0.1, 0.15) is 232 Å². The average Bonchev–Trinajstić information content (AvgIpc) is 3.28. The first-order chi connectivity index (χ1) is 32.0. The largest absolute Gasteiger partial charge is 0.472 e. The first kappa shape index (κ1) is 63.9. The summed E-state index contributed by atoms with van der Waals surface area (Å²) in [5.74, 6) is -0.205. The minimum atomic E-state index is -4.37. The zero-order valence-electron chi connectivity index (χ0n) is 43.7. The van der Waals surface area contributed by atoms with Crippen molar-refractivity contribution in [2.75, 3.05) is 40.9 Å². The summed E-state index contributed by atoms with van der Waals surface area (Å²) in [6.07, 6.45) is 65.7. The Bertz CT molecular complexity index is 1300. The summed E-state index contributed by atoms with van der Waals surface area (Å²) >= 11 is 0. The van der Waals surface area contributed by atoms with Crippen LogP contribution in [-0.4, -0.2) is 73.4 Å². The van der Waals surface area contributed by atoms with Gasteiger partial charge in [-0.1, -0.05) is 215 Å². The second kappa shape index (κ2) is 48.0. The molecule has 0 aromatic carbocycles. The Kier molecular flexibility index (Phi) is 46.5. The van der Waals surface area contributed by atoms with Crippen molar-refractivity contribution in [3.05, 3.63) is 72.9 Å². The number of phosphoric acid groups is 1. The summed E-state index contributed by atoms with van der Waals surface area (Å²) in [7, 11) is 1.53. The lowest BCUT2D eigenvalue weighted by Gasteiger charge is -2.25. The van der Waals surface area contributed by atoms with E-state index >= 15 is 0 Å². The van der Waals surface area contributed by atoms with Gasteiger partial charge in [-0.15, -0.1) is 0 Å². The molecule has 0 saturated heterocycles. The molecule has 3 unspecified atom stereocenters. The van der Waals surface area contributed by atoms with E-state index in [1.54, 1.807) is 6.08 Å². The third-order valence-electron chi connectivity index (χ3n) is 11.9. The first-order valence-electron chi connectivity index (χ1n) is 27.3. The second-order valence-electron chi connectivity index (χ2n) is 19.6. The number of unbranched alkanes of at least 4 members (excludes halogenated alkanes) is 26. The molecule has 0 aliphatic heterocycles. The molecule has 0 radical (unpaired) electrons. The van der Waals surface area contributed by atoms with Crippen LogP contribution >= 0.6 is 7.82 Å². The Morgan fingerprint density at radius 3 is 1.32 bits per heavy atom. The number of hydrogen-bond acceptors (Lipinski definition) is 5. The summed E-state index contributed by atoms with van der Waals surface area (Å²) in [5, 5.41) is 13.9. The van der Waals surface area contributed by atoms with E-state index in [2.05, 4.69) is 79.9 Å². The Hall–Kier alpha value is -2.06. The number of carbonyl (C=O) groups is 1. The van der Waals surface area contributed by atoms with Gasteiger partial charge in [-0.25, -0.2) is 4.57 Å². The van der Waals surface area contributed by atoms with Crippen molar-refractivity contribution in [2.45, 2.75) is 244 Å².